The highest BCUT2D eigenvalue weighted by Crippen LogP contribution is 2.11. The van der Waals surface area contributed by atoms with Crippen LogP contribution < -0.4 is 0 Å². The van der Waals surface area contributed by atoms with Crippen LogP contribution in [0.25, 0.3) is 0 Å². The van der Waals surface area contributed by atoms with Crippen molar-refractivity contribution >= 4 is 17.9 Å². The second kappa shape index (κ2) is 51.7. The Kier molecular flexibility index (Phi) is 47.7. The van der Waals surface area contributed by atoms with Gasteiger partial charge in [0.1, 0.15) is 13.2 Å². The van der Waals surface area contributed by atoms with Crippen molar-refractivity contribution in [3.05, 3.63) is 158 Å². The molecule has 0 spiro atoms. The van der Waals surface area contributed by atoms with Crippen LogP contribution in [-0.2, 0) is 28.6 Å². The van der Waals surface area contributed by atoms with Crippen LogP contribution in [0.3, 0.4) is 0 Å². The van der Waals surface area contributed by atoms with Crippen molar-refractivity contribution < 1.29 is 28.6 Å². The van der Waals surface area contributed by atoms with E-state index in [4.69, 9.17) is 14.2 Å². The monoisotopic (exact) mass is 893 g/mol. The standard InChI is InChI=1S/C59H88O6/c1-4-7-10-13-16-19-22-25-27-29-31-34-37-40-43-46-49-52-58(61)64-55-56(54-63-57(60)51-48-45-42-39-36-33-24-21-18-15-12-9-6-3)65-59(62)53-50-47-44-41-38-35-32-30-28-26-23-20-17-14-11-8-5-2/h7,9-10,12-13,15-22,24-29,31-32,34-35,37,41,44,56H,4-6,8,11,14,23,30,33,36,38-40,42-43,45-55H2,1-3H3/b10-7-,12-9-,16-13-,18-15-,20-17-,22-19-,24-21-,27-25-,28-26-,31-29+,35-32-,37-34-,44-41-. The van der Waals surface area contributed by atoms with E-state index in [-0.39, 0.29) is 38.0 Å². The normalized spacial score (nSPS) is 13.5. The third-order valence-electron chi connectivity index (χ3n) is 9.72. The Bertz CT molecular complexity index is 1540. The van der Waals surface area contributed by atoms with Gasteiger partial charge in [0.2, 0.25) is 0 Å². The topological polar surface area (TPSA) is 78.9 Å². The Hall–Kier alpha value is -4.97. The Morgan fingerprint density at radius 2 is 0.677 bits per heavy atom. The number of unbranched alkanes of at least 4 members (excludes halogenated alkanes) is 12. The van der Waals surface area contributed by atoms with Gasteiger partial charge in [-0.05, 0) is 96.3 Å². The fraction of sp³-hybridized carbons (Fsp3) is 0.508. The molecule has 0 amide bonds. The second-order valence-corrected chi connectivity index (χ2v) is 15.8. The first-order chi connectivity index (χ1) is 32.0. The van der Waals surface area contributed by atoms with E-state index in [1.165, 1.54) is 25.7 Å². The largest absolute Gasteiger partial charge is 0.462 e. The van der Waals surface area contributed by atoms with Gasteiger partial charge >= 0.3 is 17.9 Å². The lowest BCUT2D eigenvalue weighted by molar-refractivity contribution is -0.167. The van der Waals surface area contributed by atoms with Crippen molar-refractivity contribution in [1.29, 1.82) is 0 Å². The Morgan fingerprint density at radius 3 is 1.14 bits per heavy atom. The third kappa shape index (κ3) is 49.9. The van der Waals surface area contributed by atoms with Crippen LogP contribution in [0.15, 0.2) is 158 Å². The molecule has 0 bridgehead atoms. The summed E-state index contributed by atoms with van der Waals surface area (Å²) in [4.78, 5) is 37.9. The molecule has 6 heteroatoms. The molecule has 360 valence electrons. The SMILES string of the molecule is CC\C=C/C=C\C=C/C=C\C=C\C=C/CCCCCC(=O)OCC(COC(=O)CCCCCCC\C=C/C=C\C=C/CC)OC(=O)CCC/C=C\C/C=C\C/C=C\C/C=C\CCCCC. The summed E-state index contributed by atoms with van der Waals surface area (Å²) in [5, 5.41) is 0. The minimum Gasteiger partial charge on any atom is -0.462 e. The first-order valence-corrected chi connectivity index (χ1v) is 25.1. The number of allylic oxidation sites excluding steroid dienone is 26. The van der Waals surface area contributed by atoms with Gasteiger partial charge in [-0.3, -0.25) is 14.4 Å². The lowest BCUT2D eigenvalue weighted by Crippen LogP contribution is -2.30. The van der Waals surface area contributed by atoms with Gasteiger partial charge in [-0.2, -0.15) is 0 Å². The molecule has 0 aromatic rings. The molecule has 0 saturated carbocycles. The van der Waals surface area contributed by atoms with Crippen molar-refractivity contribution in [2.24, 2.45) is 0 Å². The fourth-order valence-corrected chi connectivity index (χ4v) is 5.99. The van der Waals surface area contributed by atoms with Crippen molar-refractivity contribution in [2.75, 3.05) is 13.2 Å². The third-order valence-corrected chi connectivity index (χ3v) is 9.72. The summed E-state index contributed by atoms with van der Waals surface area (Å²) in [5.74, 6) is -1.07. The zero-order valence-corrected chi connectivity index (χ0v) is 40.9. The molecule has 0 aromatic heterocycles. The molecule has 1 unspecified atom stereocenters. The summed E-state index contributed by atoms with van der Waals surface area (Å²) >= 11 is 0. The van der Waals surface area contributed by atoms with Crippen LogP contribution in [0.5, 0.6) is 0 Å². The van der Waals surface area contributed by atoms with Gasteiger partial charge in [0.05, 0.1) is 0 Å². The van der Waals surface area contributed by atoms with Crippen molar-refractivity contribution in [2.45, 2.75) is 181 Å². The number of hydrogen-bond acceptors (Lipinski definition) is 6. The second-order valence-electron chi connectivity index (χ2n) is 15.8. The number of ether oxygens (including phenoxy) is 3. The Balaban J connectivity index is 4.65. The molecule has 0 fully saturated rings. The molecule has 0 saturated heterocycles. The van der Waals surface area contributed by atoms with Crippen LogP contribution >= 0.6 is 0 Å². The minimum absolute atomic E-state index is 0.133. The fourth-order valence-electron chi connectivity index (χ4n) is 5.99. The lowest BCUT2D eigenvalue weighted by atomic mass is 10.1. The van der Waals surface area contributed by atoms with Crippen LogP contribution in [0.4, 0.5) is 0 Å². The van der Waals surface area contributed by atoms with Gasteiger partial charge in [-0.25, -0.2) is 0 Å². The maximum Gasteiger partial charge on any atom is 0.306 e. The summed E-state index contributed by atoms with van der Waals surface area (Å²) < 4.78 is 16.7. The van der Waals surface area contributed by atoms with Gasteiger partial charge in [-0.15, -0.1) is 0 Å². The van der Waals surface area contributed by atoms with Crippen molar-refractivity contribution in [1.82, 2.24) is 0 Å². The molecular weight excluding hydrogens is 805 g/mol. The van der Waals surface area contributed by atoms with E-state index in [9.17, 15) is 14.4 Å². The molecule has 0 radical (unpaired) electrons. The first kappa shape index (κ1) is 60.0. The molecule has 1 atom stereocenters. The maximum atomic E-state index is 12.8. The van der Waals surface area contributed by atoms with Crippen molar-refractivity contribution in [3.8, 4) is 0 Å². The predicted octanol–water partition coefficient (Wildman–Crippen LogP) is 16.6. The Labute approximate surface area is 397 Å². The maximum absolute atomic E-state index is 12.8. The Morgan fingerprint density at radius 1 is 0.338 bits per heavy atom. The lowest BCUT2D eigenvalue weighted by Gasteiger charge is -2.18. The highest BCUT2D eigenvalue weighted by Gasteiger charge is 2.19. The van der Waals surface area contributed by atoms with E-state index in [2.05, 4.69) is 112 Å². The molecule has 0 N–H and O–H groups in total. The smallest absolute Gasteiger partial charge is 0.306 e. The van der Waals surface area contributed by atoms with E-state index in [1.807, 2.05) is 66.8 Å². The van der Waals surface area contributed by atoms with E-state index in [0.717, 1.165) is 96.3 Å². The van der Waals surface area contributed by atoms with Gasteiger partial charge in [0, 0.05) is 19.3 Å². The van der Waals surface area contributed by atoms with E-state index in [1.54, 1.807) is 0 Å². The molecule has 0 aliphatic rings. The average molecular weight is 893 g/mol. The van der Waals surface area contributed by atoms with Gasteiger partial charge in [0.15, 0.2) is 6.10 Å². The summed E-state index contributed by atoms with van der Waals surface area (Å²) in [6.45, 7) is 6.19. The molecule has 0 aliphatic carbocycles. The summed E-state index contributed by atoms with van der Waals surface area (Å²) in [7, 11) is 0. The molecular formula is C59H88O6. The van der Waals surface area contributed by atoms with Gasteiger partial charge < -0.3 is 14.2 Å². The minimum atomic E-state index is -0.841. The molecule has 6 nitrogen and oxygen atoms in total. The van der Waals surface area contributed by atoms with Crippen LogP contribution in [0.1, 0.15) is 175 Å². The predicted molar refractivity (Wildman–Crippen MR) is 278 cm³/mol. The molecule has 0 rings (SSSR count). The molecule has 0 aliphatic heterocycles. The van der Waals surface area contributed by atoms with Crippen LogP contribution in [0.2, 0.25) is 0 Å². The van der Waals surface area contributed by atoms with Crippen LogP contribution in [-0.4, -0.2) is 37.2 Å². The highest BCUT2D eigenvalue weighted by atomic mass is 16.6. The van der Waals surface area contributed by atoms with Crippen molar-refractivity contribution in [3.63, 3.8) is 0 Å². The quantitative estimate of drug-likeness (QED) is 0.0200. The number of carbonyl (C=O) groups is 3. The zero-order valence-electron chi connectivity index (χ0n) is 40.9. The highest BCUT2D eigenvalue weighted by molar-refractivity contribution is 5.71. The van der Waals surface area contributed by atoms with E-state index in [0.29, 0.717) is 19.3 Å². The van der Waals surface area contributed by atoms with Gasteiger partial charge in [-0.1, -0.05) is 217 Å². The summed E-state index contributed by atoms with van der Waals surface area (Å²) in [6, 6.07) is 0. The summed E-state index contributed by atoms with van der Waals surface area (Å²) in [5.41, 5.74) is 0. The molecule has 65 heavy (non-hydrogen) atoms. The average Bonchev–Trinajstić information content (AvgIpc) is 3.30. The molecule has 0 aromatic carbocycles. The first-order valence-electron chi connectivity index (χ1n) is 25.1. The van der Waals surface area contributed by atoms with E-state index >= 15 is 0 Å². The van der Waals surface area contributed by atoms with E-state index < -0.39 is 12.1 Å². The number of hydrogen-bond donors (Lipinski definition) is 0. The summed E-state index contributed by atoms with van der Waals surface area (Å²) in [6.07, 6.45) is 75.1. The molecule has 0 heterocycles. The van der Waals surface area contributed by atoms with Crippen LogP contribution in [0, 0.1) is 0 Å². The number of rotatable bonds is 42. The number of esters is 3. The number of carbonyl (C=O) groups excluding carboxylic acids is 3. The zero-order chi connectivity index (χ0) is 47.2. The van der Waals surface area contributed by atoms with Gasteiger partial charge in [0.25, 0.3) is 0 Å².